The summed E-state index contributed by atoms with van der Waals surface area (Å²) in [5.41, 5.74) is 6.58. The fourth-order valence-electron chi connectivity index (χ4n) is 3.36. The van der Waals surface area contributed by atoms with Crippen molar-refractivity contribution in [2.45, 2.75) is 59.3 Å². The van der Waals surface area contributed by atoms with Gasteiger partial charge in [-0.25, -0.2) is 8.42 Å². The molecule has 0 spiro atoms. The number of rotatable bonds is 5. The lowest BCUT2D eigenvalue weighted by molar-refractivity contribution is 0.0858. The van der Waals surface area contributed by atoms with Gasteiger partial charge in [-0.2, -0.15) is 0 Å². The minimum Gasteiger partial charge on any atom is -0.330 e. The zero-order chi connectivity index (χ0) is 14.7. The average Bonchev–Trinajstić information content (AvgIpc) is 2.26. The van der Waals surface area contributed by atoms with Crippen molar-refractivity contribution in [1.29, 1.82) is 0 Å². The highest BCUT2D eigenvalue weighted by molar-refractivity contribution is 7.90. The van der Waals surface area contributed by atoms with Gasteiger partial charge < -0.3 is 5.73 Å². The molecule has 4 heteroatoms. The van der Waals surface area contributed by atoms with Crippen molar-refractivity contribution in [3.8, 4) is 0 Å². The molecule has 3 nitrogen and oxygen atoms in total. The normalized spacial score (nSPS) is 29.4. The Labute approximate surface area is 119 Å². The van der Waals surface area contributed by atoms with Crippen LogP contribution in [0.3, 0.4) is 0 Å². The van der Waals surface area contributed by atoms with E-state index in [0.29, 0.717) is 17.7 Å². The highest BCUT2D eigenvalue weighted by Gasteiger charge is 2.37. The molecule has 2 N–H and O–H groups in total. The first-order valence-electron chi connectivity index (χ1n) is 7.46. The van der Waals surface area contributed by atoms with Gasteiger partial charge in [-0.1, -0.05) is 20.8 Å². The standard InChI is InChI=1S/C15H31NO2S/c1-14(2,3)13-6-9-15(12-16,10-7-13)8-5-11-19(4,17)18/h13H,5-12,16H2,1-4H3. The fourth-order valence-corrected chi connectivity index (χ4v) is 4.03. The van der Waals surface area contributed by atoms with E-state index < -0.39 is 9.84 Å². The van der Waals surface area contributed by atoms with Crippen LogP contribution >= 0.6 is 0 Å². The third-order valence-electron chi connectivity index (χ3n) is 4.93. The summed E-state index contributed by atoms with van der Waals surface area (Å²) in [5.74, 6) is 1.08. The Hall–Kier alpha value is -0.0900. The van der Waals surface area contributed by atoms with Crippen molar-refractivity contribution < 1.29 is 8.42 Å². The second kappa shape index (κ2) is 6.13. The van der Waals surface area contributed by atoms with Crippen LogP contribution < -0.4 is 5.73 Å². The van der Waals surface area contributed by atoms with E-state index in [2.05, 4.69) is 20.8 Å². The third kappa shape index (κ3) is 5.42. The van der Waals surface area contributed by atoms with Crippen molar-refractivity contribution in [3.63, 3.8) is 0 Å². The summed E-state index contributed by atoms with van der Waals surface area (Å²) < 4.78 is 22.4. The van der Waals surface area contributed by atoms with Crippen LogP contribution in [-0.2, 0) is 9.84 Å². The molecule has 0 aromatic rings. The monoisotopic (exact) mass is 289 g/mol. The van der Waals surface area contributed by atoms with E-state index in [-0.39, 0.29) is 5.41 Å². The number of hydrogen-bond acceptors (Lipinski definition) is 3. The van der Waals surface area contributed by atoms with Gasteiger partial charge in [0.25, 0.3) is 0 Å². The molecular formula is C15H31NO2S. The molecule has 0 radical (unpaired) electrons. The lowest BCUT2D eigenvalue weighted by Crippen LogP contribution is -2.38. The molecule has 0 heterocycles. The molecule has 1 aliphatic carbocycles. The average molecular weight is 289 g/mol. The fraction of sp³-hybridized carbons (Fsp3) is 1.00. The molecule has 0 atom stereocenters. The largest absolute Gasteiger partial charge is 0.330 e. The van der Waals surface area contributed by atoms with Gasteiger partial charge in [-0.3, -0.25) is 0 Å². The molecule has 0 aliphatic heterocycles. The lowest BCUT2D eigenvalue weighted by Gasteiger charge is -2.44. The summed E-state index contributed by atoms with van der Waals surface area (Å²) in [6.45, 7) is 7.65. The zero-order valence-corrected chi connectivity index (χ0v) is 13.9. The number of nitrogens with two attached hydrogens (primary N) is 1. The molecule has 0 aromatic heterocycles. The molecule has 0 saturated heterocycles. The van der Waals surface area contributed by atoms with E-state index in [4.69, 9.17) is 5.73 Å². The minimum absolute atomic E-state index is 0.201. The predicted octanol–water partition coefficient (Wildman–Crippen LogP) is 2.99. The summed E-state index contributed by atoms with van der Waals surface area (Å²) in [6.07, 6.45) is 7.84. The topological polar surface area (TPSA) is 60.2 Å². The SMILES string of the molecule is CC(C)(C)C1CCC(CN)(CCCS(C)(=O)=O)CC1. The van der Waals surface area contributed by atoms with E-state index in [1.54, 1.807) is 0 Å². The number of sulfone groups is 1. The lowest BCUT2D eigenvalue weighted by atomic mass is 9.63. The first kappa shape index (κ1) is 17.0. The maximum atomic E-state index is 11.2. The molecule has 1 aliphatic rings. The summed E-state index contributed by atoms with van der Waals surface area (Å²) in [5, 5.41) is 0. The molecule has 114 valence electrons. The van der Waals surface area contributed by atoms with E-state index in [1.165, 1.54) is 19.1 Å². The molecule has 0 amide bonds. The molecule has 1 rings (SSSR count). The third-order valence-corrected chi connectivity index (χ3v) is 5.96. The first-order chi connectivity index (χ1) is 8.58. The minimum atomic E-state index is -2.83. The highest BCUT2D eigenvalue weighted by Crippen LogP contribution is 2.46. The van der Waals surface area contributed by atoms with Crippen molar-refractivity contribution in [1.82, 2.24) is 0 Å². The number of hydrogen-bond donors (Lipinski definition) is 1. The van der Waals surface area contributed by atoms with E-state index in [1.807, 2.05) is 0 Å². The van der Waals surface area contributed by atoms with Crippen LogP contribution in [0.5, 0.6) is 0 Å². The van der Waals surface area contributed by atoms with Crippen molar-refractivity contribution in [2.24, 2.45) is 22.5 Å². The van der Waals surface area contributed by atoms with Crippen LogP contribution in [0, 0.1) is 16.7 Å². The second-order valence-electron chi connectivity index (χ2n) is 7.58. The predicted molar refractivity (Wildman–Crippen MR) is 81.8 cm³/mol. The molecule has 1 fully saturated rings. The van der Waals surface area contributed by atoms with E-state index >= 15 is 0 Å². The maximum Gasteiger partial charge on any atom is 0.147 e. The Bertz CT molecular complexity index is 373. The Morgan fingerprint density at radius 1 is 1.21 bits per heavy atom. The van der Waals surface area contributed by atoms with Crippen LogP contribution in [0.1, 0.15) is 59.3 Å². The molecule has 1 saturated carbocycles. The Balaban J connectivity index is 2.51. The van der Waals surface area contributed by atoms with E-state index in [0.717, 1.165) is 31.6 Å². The smallest absolute Gasteiger partial charge is 0.147 e. The van der Waals surface area contributed by atoms with Gasteiger partial charge in [-0.15, -0.1) is 0 Å². The van der Waals surface area contributed by atoms with Gasteiger partial charge in [0.1, 0.15) is 9.84 Å². The second-order valence-corrected chi connectivity index (χ2v) is 9.84. The quantitative estimate of drug-likeness (QED) is 0.846. The summed E-state index contributed by atoms with van der Waals surface area (Å²) in [7, 11) is -2.83. The summed E-state index contributed by atoms with van der Waals surface area (Å²) in [4.78, 5) is 0. The maximum absolute atomic E-state index is 11.2. The molecule has 0 bridgehead atoms. The van der Waals surface area contributed by atoms with Crippen molar-refractivity contribution >= 4 is 9.84 Å². The first-order valence-corrected chi connectivity index (χ1v) is 9.52. The van der Waals surface area contributed by atoms with Crippen LogP contribution in [0.15, 0.2) is 0 Å². The Morgan fingerprint density at radius 2 is 1.74 bits per heavy atom. The van der Waals surface area contributed by atoms with Crippen molar-refractivity contribution in [3.05, 3.63) is 0 Å². The van der Waals surface area contributed by atoms with Crippen molar-refractivity contribution in [2.75, 3.05) is 18.6 Å². The van der Waals surface area contributed by atoms with Gasteiger partial charge in [0.15, 0.2) is 0 Å². The van der Waals surface area contributed by atoms with Gasteiger partial charge in [0.2, 0.25) is 0 Å². The van der Waals surface area contributed by atoms with Crippen LogP contribution in [0.25, 0.3) is 0 Å². The van der Waals surface area contributed by atoms with Gasteiger partial charge in [0.05, 0.1) is 0 Å². The highest BCUT2D eigenvalue weighted by atomic mass is 32.2. The van der Waals surface area contributed by atoms with Crippen LogP contribution in [0.4, 0.5) is 0 Å². The Kier molecular flexibility index (Phi) is 5.47. The summed E-state index contributed by atoms with van der Waals surface area (Å²) >= 11 is 0. The van der Waals surface area contributed by atoms with Crippen LogP contribution in [-0.4, -0.2) is 27.0 Å². The molecule has 19 heavy (non-hydrogen) atoms. The van der Waals surface area contributed by atoms with Gasteiger partial charge in [0, 0.05) is 12.0 Å². The Morgan fingerprint density at radius 3 is 2.11 bits per heavy atom. The zero-order valence-electron chi connectivity index (χ0n) is 13.0. The van der Waals surface area contributed by atoms with Crippen LogP contribution in [0.2, 0.25) is 0 Å². The van der Waals surface area contributed by atoms with Gasteiger partial charge in [-0.05, 0) is 61.8 Å². The summed E-state index contributed by atoms with van der Waals surface area (Å²) in [6, 6.07) is 0. The molecule has 0 unspecified atom stereocenters. The van der Waals surface area contributed by atoms with E-state index in [9.17, 15) is 8.42 Å². The molecule has 0 aromatic carbocycles. The molecular weight excluding hydrogens is 258 g/mol. The van der Waals surface area contributed by atoms with Gasteiger partial charge >= 0.3 is 0 Å².